The molecule has 0 aromatic heterocycles. The van der Waals surface area contributed by atoms with Crippen LogP contribution in [0.2, 0.25) is 0 Å². The molecule has 1 unspecified atom stereocenters. The molecule has 1 atom stereocenters. The van der Waals surface area contributed by atoms with E-state index in [9.17, 15) is 4.79 Å². The molecule has 1 heterocycles. The van der Waals surface area contributed by atoms with Crippen molar-refractivity contribution in [2.24, 2.45) is 5.92 Å². The molecule has 0 amide bonds. The van der Waals surface area contributed by atoms with E-state index in [1.807, 2.05) is 0 Å². The van der Waals surface area contributed by atoms with Crippen molar-refractivity contribution < 1.29 is 19.0 Å². The predicted molar refractivity (Wildman–Crippen MR) is 76.5 cm³/mol. The summed E-state index contributed by atoms with van der Waals surface area (Å²) in [6, 6.07) is 0. The molecule has 1 aliphatic heterocycles. The molecule has 1 aliphatic carbocycles. The lowest BCUT2D eigenvalue weighted by molar-refractivity contribution is -0.0324. The average Bonchev–Trinajstić information content (AvgIpc) is 3.34. The number of unbranched alkanes of at least 4 members (excludes halogenated alkanes) is 6. The summed E-state index contributed by atoms with van der Waals surface area (Å²) in [4.78, 5) is 11.0. The van der Waals surface area contributed by atoms with E-state index >= 15 is 0 Å². The predicted octanol–water partition coefficient (Wildman–Crippen LogP) is 4.42. The van der Waals surface area contributed by atoms with Gasteiger partial charge in [0.15, 0.2) is 0 Å². The molecule has 2 rings (SSSR count). The van der Waals surface area contributed by atoms with Crippen molar-refractivity contribution in [2.45, 2.75) is 76.4 Å². The minimum absolute atomic E-state index is 0.517. The second kappa shape index (κ2) is 7.87. The minimum atomic E-state index is -0.655. The Labute approximate surface area is 122 Å². The van der Waals surface area contributed by atoms with E-state index in [4.69, 9.17) is 9.47 Å². The van der Waals surface area contributed by atoms with Crippen LogP contribution in [0.1, 0.15) is 70.6 Å². The Morgan fingerprint density at radius 2 is 1.70 bits per heavy atom. The van der Waals surface area contributed by atoms with Crippen LogP contribution in [-0.2, 0) is 14.2 Å². The van der Waals surface area contributed by atoms with Gasteiger partial charge in [0, 0.05) is 6.42 Å². The standard InChI is InChI=1S/C16H28O4/c1-18-15(17)20-16(13-19-16)12-8-6-4-2-3-5-7-9-14-10-11-14/h14H,2-13H2,1H3. The molecular formula is C16H28O4. The fraction of sp³-hybridized carbons (Fsp3) is 0.938. The molecule has 1 saturated carbocycles. The van der Waals surface area contributed by atoms with Crippen molar-refractivity contribution >= 4 is 6.16 Å². The maximum absolute atomic E-state index is 11.0. The first-order chi connectivity index (χ1) is 9.74. The van der Waals surface area contributed by atoms with Crippen LogP contribution in [-0.4, -0.2) is 25.7 Å². The lowest BCUT2D eigenvalue weighted by atomic mass is 10.0. The van der Waals surface area contributed by atoms with Crippen LogP contribution in [0.25, 0.3) is 0 Å². The van der Waals surface area contributed by atoms with E-state index in [0.717, 1.165) is 18.8 Å². The minimum Gasteiger partial charge on any atom is -0.438 e. The zero-order valence-electron chi connectivity index (χ0n) is 12.7. The van der Waals surface area contributed by atoms with Crippen LogP contribution in [0.3, 0.4) is 0 Å². The molecule has 0 bridgehead atoms. The third-order valence-corrected chi connectivity index (χ3v) is 4.27. The van der Waals surface area contributed by atoms with E-state index in [-0.39, 0.29) is 0 Å². The largest absolute Gasteiger partial charge is 0.510 e. The van der Waals surface area contributed by atoms with E-state index in [0.29, 0.717) is 6.61 Å². The van der Waals surface area contributed by atoms with E-state index in [1.54, 1.807) is 0 Å². The topological polar surface area (TPSA) is 48.1 Å². The summed E-state index contributed by atoms with van der Waals surface area (Å²) in [6.07, 6.45) is 13.6. The fourth-order valence-electron chi connectivity index (χ4n) is 2.65. The number of hydrogen-bond acceptors (Lipinski definition) is 4. The number of hydrogen-bond donors (Lipinski definition) is 0. The van der Waals surface area contributed by atoms with Crippen LogP contribution in [0.15, 0.2) is 0 Å². The highest BCUT2D eigenvalue weighted by Crippen LogP contribution is 2.35. The smallest absolute Gasteiger partial charge is 0.438 e. The van der Waals surface area contributed by atoms with E-state index in [1.165, 1.54) is 64.9 Å². The first-order valence-electron chi connectivity index (χ1n) is 8.15. The maximum Gasteiger partial charge on any atom is 0.510 e. The lowest BCUT2D eigenvalue weighted by Crippen LogP contribution is -2.21. The third kappa shape index (κ3) is 6.12. The van der Waals surface area contributed by atoms with Gasteiger partial charge in [-0.05, 0) is 12.3 Å². The number of rotatable bonds is 11. The summed E-state index contributed by atoms with van der Waals surface area (Å²) >= 11 is 0. The molecule has 4 heteroatoms. The number of methoxy groups -OCH3 is 1. The van der Waals surface area contributed by atoms with Gasteiger partial charge in [0.1, 0.15) is 6.61 Å². The highest BCUT2D eigenvalue weighted by Gasteiger charge is 2.49. The Morgan fingerprint density at radius 3 is 2.25 bits per heavy atom. The molecule has 4 nitrogen and oxygen atoms in total. The van der Waals surface area contributed by atoms with Gasteiger partial charge in [-0.2, -0.15) is 0 Å². The van der Waals surface area contributed by atoms with Crippen molar-refractivity contribution in [3.8, 4) is 0 Å². The van der Waals surface area contributed by atoms with Crippen molar-refractivity contribution in [3.63, 3.8) is 0 Å². The Bertz CT molecular complexity index is 295. The van der Waals surface area contributed by atoms with Gasteiger partial charge >= 0.3 is 6.16 Å². The highest BCUT2D eigenvalue weighted by atomic mass is 16.8. The van der Waals surface area contributed by atoms with Crippen molar-refractivity contribution in [3.05, 3.63) is 0 Å². The number of ether oxygens (including phenoxy) is 3. The quantitative estimate of drug-likeness (QED) is 0.320. The van der Waals surface area contributed by atoms with Crippen LogP contribution >= 0.6 is 0 Å². The van der Waals surface area contributed by atoms with Gasteiger partial charge in [-0.3, -0.25) is 0 Å². The van der Waals surface area contributed by atoms with Crippen LogP contribution < -0.4 is 0 Å². The summed E-state index contributed by atoms with van der Waals surface area (Å²) in [5, 5.41) is 0. The molecule has 0 aromatic carbocycles. The monoisotopic (exact) mass is 284 g/mol. The fourth-order valence-corrected chi connectivity index (χ4v) is 2.65. The van der Waals surface area contributed by atoms with Gasteiger partial charge in [-0.1, -0.05) is 57.8 Å². The SMILES string of the molecule is COC(=O)OC1(CCCCCCCCCC2CC2)CO1. The Kier molecular flexibility index (Phi) is 6.14. The van der Waals surface area contributed by atoms with Crippen molar-refractivity contribution in [1.82, 2.24) is 0 Å². The lowest BCUT2D eigenvalue weighted by Gasteiger charge is -2.11. The molecule has 0 N–H and O–H groups in total. The van der Waals surface area contributed by atoms with Gasteiger partial charge in [0.05, 0.1) is 7.11 Å². The summed E-state index contributed by atoms with van der Waals surface area (Å²) in [5.41, 5.74) is 0. The second-order valence-corrected chi connectivity index (χ2v) is 6.21. The first kappa shape index (κ1) is 15.6. The van der Waals surface area contributed by atoms with Crippen LogP contribution in [0, 0.1) is 5.92 Å². The average molecular weight is 284 g/mol. The first-order valence-corrected chi connectivity index (χ1v) is 8.15. The zero-order chi connectivity index (χ0) is 14.3. The van der Waals surface area contributed by atoms with Gasteiger partial charge in [0.25, 0.3) is 0 Å². The van der Waals surface area contributed by atoms with E-state index < -0.39 is 11.9 Å². The normalized spacial score (nSPS) is 24.4. The highest BCUT2D eigenvalue weighted by molar-refractivity contribution is 5.60. The molecule has 2 aliphatic rings. The molecule has 0 spiro atoms. The summed E-state index contributed by atoms with van der Waals surface area (Å²) < 4.78 is 14.8. The molecule has 1 saturated heterocycles. The van der Waals surface area contributed by atoms with E-state index in [2.05, 4.69) is 4.74 Å². The van der Waals surface area contributed by atoms with Crippen molar-refractivity contribution in [2.75, 3.05) is 13.7 Å². The maximum atomic E-state index is 11.0. The number of epoxide rings is 1. The Balaban J connectivity index is 1.36. The zero-order valence-corrected chi connectivity index (χ0v) is 12.7. The Morgan fingerprint density at radius 1 is 1.10 bits per heavy atom. The van der Waals surface area contributed by atoms with Crippen molar-refractivity contribution in [1.29, 1.82) is 0 Å². The summed E-state index contributed by atoms with van der Waals surface area (Å²) in [6.45, 7) is 0.517. The van der Waals surface area contributed by atoms with Gasteiger partial charge in [-0.25, -0.2) is 4.79 Å². The summed E-state index contributed by atoms with van der Waals surface area (Å²) in [7, 11) is 1.32. The summed E-state index contributed by atoms with van der Waals surface area (Å²) in [5.74, 6) is 0.428. The van der Waals surface area contributed by atoms with Gasteiger partial charge < -0.3 is 14.2 Å². The molecular weight excluding hydrogens is 256 g/mol. The third-order valence-electron chi connectivity index (χ3n) is 4.27. The number of carbonyl (C=O) groups is 1. The molecule has 2 fully saturated rings. The second-order valence-electron chi connectivity index (χ2n) is 6.21. The van der Waals surface area contributed by atoms with Crippen LogP contribution in [0.4, 0.5) is 4.79 Å². The van der Waals surface area contributed by atoms with Gasteiger partial charge in [0.2, 0.25) is 5.79 Å². The van der Waals surface area contributed by atoms with Crippen LogP contribution in [0.5, 0.6) is 0 Å². The van der Waals surface area contributed by atoms with Gasteiger partial charge in [-0.15, -0.1) is 0 Å². The Hall–Kier alpha value is -0.770. The molecule has 0 aromatic rings. The molecule has 20 heavy (non-hydrogen) atoms. The molecule has 0 radical (unpaired) electrons. The molecule has 116 valence electrons. The number of carbonyl (C=O) groups excluding carboxylic acids is 1.